The number of hydrogen-bond donors (Lipinski definition) is 1. The quantitative estimate of drug-likeness (QED) is 0.201. The minimum Gasteiger partial charge on any atom is -0.493 e. The number of ether oxygens (including phenoxy) is 1. The second-order valence-electron chi connectivity index (χ2n) is 6.84. The number of para-hydroxylation sites is 1. The van der Waals surface area contributed by atoms with E-state index in [1.54, 1.807) is 12.1 Å². The summed E-state index contributed by atoms with van der Waals surface area (Å²) in [7, 11) is -7.23. The van der Waals surface area contributed by atoms with E-state index in [4.69, 9.17) is 8.92 Å². The summed E-state index contributed by atoms with van der Waals surface area (Å²) in [5, 5.41) is 14.9. The predicted molar refractivity (Wildman–Crippen MR) is 123 cm³/mol. The van der Waals surface area contributed by atoms with E-state index in [0.717, 1.165) is 23.9 Å². The number of methoxy groups -OCH3 is 1. The summed E-state index contributed by atoms with van der Waals surface area (Å²) >= 11 is 0. The molecule has 1 N–H and O–H groups in total. The van der Waals surface area contributed by atoms with E-state index < -0.39 is 35.6 Å². The van der Waals surface area contributed by atoms with Crippen LogP contribution in [0, 0.1) is 17.0 Å². The van der Waals surface area contributed by atoms with E-state index in [0.29, 0.717) is 0 Å². The zero-order valence-electron chi connectivity index (χ0n) is 17.9. The molecular formula is C21H19N3O8S2. The molecule has 0 spiro atoms. The highest BCUT2D eigenvalue weighted by Crippen LogP contribution is 2.32. The maximum absolute atomic E-state index is 12.7. The molecule has 0 aromatic heterocycles. The third-order valence-electron chi connectivity index (χ3n) is 4.44. The van der Waals surface area contributed by atoms with E-state index in [1.165, 1.54) is 49.6 Å². The van der Waals surface area contributed by atoms with Crippen LogP contribution >= 0.6 is 0 Å². The van der Waals surface area contributed by atoms with Crippen LogP contribution in [0.2, 0.25) is 0 Å². The molecule has 0 heterocycles. The molecule has 0 unspecified atom stereocenters. The molecule has 3 rings (SSSR count). The number of nitrogens with zero attached hydrogens (tertiary/aromatic N) is 2. The fraction of sp³-hybridized carbons (Fsp3) is 0.0952. The van der Waals surface area contributed by atoms with Crippen LogP contribution < -0.4 is 13.8 Å². The first kappa shape index (κ1) is 24.7. The van der Waals surface area contributed by atoms with Gasteiger partial charge in [-0.15, -0.1) is 0 Å². The smallest absolute Gasteiger partial charge is 0.346 e. The second kappa shape index (κ2) is 9.89. The Labute approximate surface area is 196 Å². The number of nitro benzene ring substituents is 1. The average Bonchev–Trinajstić information content (AvgIpc) is 2.79. The fourth-order valence-corrected chi connectivity index (χ4v) is 4.65. The lowest BCUT2D eigenvalue weighted by Crippen LogP contribution is -2.18. The highest BCUT2D eigenvalue weighted by molar-refractivity contribution is 7.89. The van der Waals surface area contributed by atoms with Gasteiger partial charge in [0.25, 0.3) is 15.7 Å². The maximum Gasteiger partial charge on any atom is 0.346 e. The Morgan fingerprint density at radius 2 is 1.65 bits per heavy atom. The van der Waals surface area contributed by atoms with Gasteiger partial charge in [-0.05, 0) is 48.9 Å². The minimum atomic E-state index is -4.60. The van der Waals surface area contributed by atoms with Crippen LogP contribution in [0.3, 0.4) is 0 Å². The van der Waals surface area contributed by atoms with E-state index in [9.17, 15) is 26.9 Å². The van der Waals surface area contributed by atoms with Gasteiger partial charge in [0.1, 0.15) is 0 Å². The minimum absolute atomic E-state index is 0.0181. The lowest BCUT2D eigenvalue weighted by atomic mass is 10.2. The molecule has 3 aromatic rings. The Bertz CT molecular complexity index is 1450. The molecule has 13 heteroatoms. The van der Waals surface area contributed by atoms with Crippen LogP contribution in [-0.2, 0) is 20.1 Å². The van der Waals surface area contributed by atoms with Gasteiger partial charge in [0, 0.05) is 6.07 Å². The lowest BCUT2D eigenvalue weighted by molar-refractivity contribution is -0.387. The summed E-state index contributed by atoms with van der Waals surface area (Å²) in [6.07, 6.45) is 1.13. The summed E-state index contributed by atoms with van der Waals surface area (Å²) in [4.78, 5) is 11.8. The van der Waals surface area contributed by atoms with Crippen LogP contribution in [0.1, 0.15) is 11.1 Å². The third-order valence-corrected chi connectivity index (χ3v) is 6.96. The first-order chi connectivity index (χ1) is 16.0. The SMILES string of the molecule is COc1ccc(/C=N\NS(=O)(=O)c2ccc(C)cc2)cc1OS(=O)(=O)c1ccccc1[N+](=O)[O-]. The van der Waals surface area contributed by atoms with Crippen LogP contribution in [0.15, 0.2) is 81.6 Å². The van der Waals surface area contributed by atoms with Crippen molar-refractivity contribution in [3.63, 3.8) is 0 Å². The monoisotopic (exact) mass is 505 g/mol. The standard InChI is InChI=1S/C21H19N3O8S2/c1-15-7-10-17(11-8-15)33(27,28)23-22-14-16-9-12-19(31-2)20(13-16)32-34(29,30)21-6-4-3-5-18(21)24(25)26/h3-14,23H,1-2H3/b22-14-. The second-order valence-corrected chi connectivity index (χ2v) is 10.0. The molecular weight excluding hydrogens is 486 g/mol. The van der Waals surface area contributed by atoms with Crippen molar-refractivity contribution in [1.82, 2.24) is 4.83 Å². The predicted octanol–water partition coefficient (Wildman–Crippen LogP) is 2.99. The molecule has 11 nitrogen and oxygen atoms in total. The van der Waals surface area contributed by atoms with Gasteiger partial charge >= 0.3 is 10.1 Å². The normalized spacial score (nSPS) is 11.8. The van der Waals surface area contributed by atoms with Crippen LogP contribution in [0.4, 0.5) is 5.69 Å². The van der Waals surface area contributed by atoms with Crippen molar-refractivity contribution >= 4 is 32.0 Å². The van der Waals surface area contributed by atoms with Crippen LogP contribution in [0.25, 0.3) is 0 Å². The topological polar surface area (TPSA) is 154 Å². The fourth-order valence-electron chi connectivity index (χ4n) is 2.76. The van der Waals surface area contributed by atoms with E-state index in [2.05, 4.69) is 9.93 Å². The van der Waals surface area contributed by atoms with Gasteiger partial charge < -0.3 is 8.92 Å². The Kier molecular flexibility index (Phi) is 7.17. The third kappa shape index (κ3) is 5.68. The van der Waals surface area contributed by atoms with E-state index in [1.807, 2.05) is 6.92 Å². The van der Waals surface area contributed by atoms with Crippen molar-refractivity contribution in [2.45, 2.75) is 16.7 Å². The molecule has 0 fully saturated rings. The molecule has 0 bridgehead atoms. The number of hydrogen-bond acceptors (Lipinski definition) is 9. The Morgan fingerprint density at radius 3 is 2.29 bits per heavy atom. The van der Waals surface area contributed by atoms with Gasteiger partial charge in [-0.2, -0.15) is 21.9 Å². The largest absolute Gasteiger partial charge is 0.493 e. The van der Waals surface area contributed by atoms with Crippen molar-refractivity contribution in [3.05, 3.63) is 88.0 Å². The summed E-state index contributed by atoms with van der Waals surface area (Å²) in [5.41, 5.74) is 0.508. The number of benzene rings is 3. The van der Waals surface area contributed by atoms with Gasteiger partial charge in [0.2, 0.25) is 0 Å². The molecule has 0 saturated carbocycles. The van der Waals surface area contributed by atoms with Gasteiger partial charge in [-0.1, -0.05) is 29.8 Å². The summed E-state index contributed by atoms with van der Waals surface area (Å²) in [6, 6.07) is 15.0. The zero-order valence-corrected chi connectivity index (χ0v) is 19.5. The maximum atomic E-state index is 12.7. The van der Waals surface area contributed by atoms with Crippen LogP contribution in [0.5, 0.6) is 11.5 Å². The van der Waals surface area contributed by atoms with Gasteiger partial charge in [-0.3, -0.25) is 10.1 Å². The van der Waals surface area contributed by atoms with Gasteiger partial charge in [0.15, 0.2) is 16.4 Å². The molecule has 0 aliphatic rings. The van der Waals surface area contributed by atoms with Crippen LogP contribution in [-0.4, -0.2) is 35.1 Å². The number of nitrogens with one attached hydrogen (secondary N) is 1. The molecule has 0 saturated heterocycles. The molecule has 3 aromatic carbocycles. The molecule has 0 radical (unpaired) electrons. The Balaban J connectivity index is 1.86. The first-order valence-corrected chi connectivity index (χ1v) is 12.4. The van der Waals surface area contributed by atoms with Gasteiger partial charge in [-0.25, -0.2) is 4.83 Å². The highest BCUT2D eigenvalue weighted by Gasteiger charge is 2.28. The van der Waals surface area contributed by atoms with Crippen molar-refractivity contribution in [1.29, 1.82) is 0 Å². The number of nitro groups is 1. The van der Waals surface area contributed by atoms with E-state index >= 15 is 0 Å². The lowest BCUT2D eigenvalue weighted by Gasteiger charge is -2.11. The zero-order chi connectivity index (χ0) is 24.9. The van der Waals surface area contributed by atoms with E-state index in [-0.39, 0.29) is 22.0 Å². The summed E-state index contributed by atoms with van der Waals surface area (Å²) in [5.74, 6) is -0.245. The number of sulfonamides is 1. The summed E-state index contributed by atoms with van der Waals surface area (Å²) in [6.45, 7) is 1.82. The molecule has 0 atom stereocenters. The number of aryl methyl sites for hydroxylation is 1. The first-order valence-electron chi connectivity index (χ1n) is 9.51. The van der Waals surface area contributed by atoms with Crippen molar-refractivity contribution in [2.24, 2.45) is 5.10 Å². The molecule has 0 aliphatic heterocycles. The van der Waals surface area contributed by atoms with Crippen molar-refractivity contribution in [2.75, 3.05) is 7.11 Å². The molecule has 178 valence electrons. The Hall–Kier alpha value is -3.97. The van der Waals surface area contributed by atoms with Crippen molar-refractivity contribution < 1.29 is 30.7 Å². The molecule has 0 amide bonds. The molecule has 34 heavy (non-hydrogen) atoms. The van der Waals surface area contributed by atoms with Gasteiger partial charge in [0.05, 0.1) is 23.1 Å². The average molecular weight is 506 g/mol. The highest BCUT2D eigenvalue weighted by atomic mass is 32.2. The molecule has 0 aliphatic carbocycles. The number of rotatable bonds is 9. The van der Waals surface area contributed by atoms with Crippen molar-refractivity contribution in [3.8, 4) is 11.5 Å². The summed E-state index contributed by atoms with van der Waals surface area (Å²) < 4.78 is 60.3. The Morgan fingerprint density at radius 1 is 0.971 bits per heavy atom. The number of hydrazone groups is 1.